The lowest BCUT2D eigenvalue weighted by Gasteiger charge is -2.24. The van der Waals surface area contributed by atoms with Gasteiger partial charge in [0.05, 0.1) is 18.8 Å². The third kappa shape index (κ3) is 4.18. The van der Waals surface area contributed by atoms with Crippen molar-refractivity contribution in [2.24, 2.45) is 0 Å². The van der Waals surface area contributed by atoms with Gasteiger partial charge in [-0.25, -0.2) is 4.39 Å². The molecule has 4 nitrogen and oxygen atoms in total. The van der Waals surface area contributed by atoms with Crippen LogP contribution in [0, 0.1) is 5.82 Å². The predicted molar refractivity (Wildman–Crippen MR) is 86.9 cm³/mol. The van der Waals surface area contributed by atoms with E-state index in [4.69, 9.17) is 4.74 Å². The van der Waals surface area contributed by atoms with Crippen LogP contribution in [0.4, 0.5) is 4.39 Å². The summed E-state index contributed by atoms with van der Waals surface area (Å²) in [6.07, 6.45) is 4.16. The third-order valence-electron chi connectivity index (χ3n) is 4.39. The van der Waals surface area contributed by atoms with Gasteiger partial charge in [-0.05, 0) is 30.5 Å². The third-order valence-corrected chi connectivity index (χ3v) is 4.39. The summed E-state index contributed by atoms with van der Waals surface area (Å²) in [7, 11) is 0. The number of nitrogens with zero attached hydrogens (tertiary/aromatic N) is 2. The molecule has 0 aliphatic carbocycles. The quantitative estimate of drug-likeness (QED) is 0.802. The highest BCUT2D eigenvalue weighted by atomic mass is 19.1. The Labute approximate surface area is 136 Å². The molecule has 1 amide bonds. The Hall–Kier alpha value is -1.72. The smallest absolute Gasteiger partial charge is 0.256 e. The fraction of sp³-hybridized carbons (Fsp3) is 0.500. The molecule has 0 bridgehead atoms. The van der Waals surface area contributed by atoms with E-state index >= 15 is 0 Å². The second kappa shape index (κ2) is 7.70. The largest absolute Gasteiger partial charge is 0.377 e. The Kier molecular flexibility index (Phi) is 5.41. The number of hydrogen-bond donors (Lipinski definition) is 0. The number of rotatable bonds is 3. The van der Waals surface area contributed by atoms with Gasteiger partial charge in [0, 0.05) is 32.7 Å². The van der Waals surface area contributed by atoms with Crippen molar-refractivity contribution in [3.63, 3.8) is 0 Å². The zero-order valence-electron chi connectivity index (χ0n) is 13.3. The van der Waals surface area contributed by atoms with Crippen molar-refractivity contribution in [3.8, 4) is 0 Å². The fourth-order valence-corrected chi connectivity index (χ4v) is 3.14. The molecule has 0 N–H and O–H groups in total. The molecule has 1 aromatic rings. The van der Waals surface area contributed by atoms with Crippen LogP contribution >= 0.6 is 0 Å². The minimum atomic E-state index is -0.442. The van der Waals surface area contributed by atoms with Gasteiger partial charge in [0.25, 0.3) is 5.91 Å². The molecule has 0 atom stereocenters. The number of hydrogen-bond acceptors (Lipinski definition) is 3. The van der Waals surface area contributed by atoms with Crippen LogP contribution in [-0.4, -0.2) is 61.6 Å². The number of amides is 1. The maximum Gasteiger partial charge on any atom is 0.256 e. The Morgan fingerprint density at radius 1 is 1.17 bits per heavy atom. The van der Waals surface area contributed by atoms with Gasteiger partial charge in [-0.2, -0.15) is 0 Å². The van der Waals surface area contributed by atoms with Gasteiger partial charge in [0.2, 0.25) is 0 Å². The van der Waals surface area contributed by atoms with Crippen LogP contribution in [0.2, 0.25) is 0 Å². The minimum Gasteiger partial charge on any atom is -0.377 e. The van der Waals surface area contributed by atoms with Crippen LogP contribution in [-0.2, 0) is 4.74 Å². The summed E-state index contributed by atoms with van der Waals surface area (Å²) in [5.74, 6) is -0.645. The zero-order valence-corrected chi connectivity index (χ0v) is 13.3. The average molecular weight is 318 g/mol. The molecule has 0 spiro atoms. The van der Waals surface area contributed by atoms with Crippen LogP contribution in [0.3, 0.4) is 0 Å². The zero-order chi connectivity index (χ0) is 16.1. The molecule has 1 fully saturated rings. The van der Waals surface area contributed by atoms with E-state index in [2.05, 4.69) is 11.0 Å². The van der Waals surface area contributed by atoms with E-state index in [1.807, 2.05) is 0 Å². The van der Waals surface area contributed by atoms with Crippen LogP contribution in [0.5, 0.6) is 0 Å². The second-order valence-corrected chi connectivity index (χ2v) is 6.11. The monoisotopic (exact) mass is 318 g/mol. The van der Waals surface area contributed by atoms with Crippen molar-refractivity contribution in [1.82, 2.24) is 9.80 Å². The Balaban J connectivity index is 1.59. The molecule has 0 saturated carbocycles. The van der Waals surface area contributed by atoms with Crippen molar-refractivity contribution >= 4 is 5.91 Å². The van der Waals surface area contributed by atoms with Gasteiger partial charge in [-0.15, -0.1) is 0 Å². The molecule has 2 aliphatic heterocycles. The molecular formula is C18H23FN2O2. The first-order chi connectivity index (χ1) is 11.2. The Morgan fingerprint density at radius 2 is 2.04 bits per heavy atom. The number of ether oxygens (including phenoxy) is 1. The van der Waals surface area contributed by atoms with Crippen LogP contribution in [0.1, 0.15) is 23.2 Å². The predicted octanol–water partition coefficient (Wildman–Crippen LogP) is 2.32. The summed E-state index contributed by atoms with van der Waals surface area (Å²) < 4.78 is 19.3. The van der Waals surface area contributed by atoms with Crippen molar-refractivity contribution in [3.05, 3.63) is 47.3 Å². The van der Waals surface area contributed by atoms with Crippen LogP contribution in [0.15, 0.2) is 35.9 Å². The standard InChI is InChI=1S/C18H23FN2O2/c19-17-7-2-1-6-16(17)18(22)21-9-4-8-20(10-11-21)13-15-5-3-12-23-14-15/h1-2,5-7H,3-4,8-14H2. The van der Waals surface area contributed by atoms with E-state index < -0.39 is 5.82 Å². The molecule has 3 rings (SSSR count). The topological polar surface area (TPSA) is 32.8 Å². The maximum absolute atomic E-state index is 13.8. The van der Waals surface area contributed by atoms with E-state index in [1.165, 1.54) is 11.6 Å². The molecule has 5 heteroatoms. The highest BCUT2D eigenvalue weighted by molar-refractivity contribution is 5.94. The summed E-state index contributed by atoms with van der Waals surface area (Å²) in [5.41, 5.74) is 1.49. The van der Waals surface area contributed by atoms with Crippen molar-refractivity contribution in [2.75, 3.05) is 45.9 Å². The SMILES string of the molecule is O=C(c1ccccc1F)N1CCCN(CC2=CCCOC2)CC1. The molecule has 1 aromatic carbocycles. The second-order valence-electron chi connectivity index (χ2n) is 6.11. The first-order valence-electron chi connectivity index (χ1n) is 8.26. The average Bonchev–Trinajstić information content (AvgIpc) is 2.81. The lowest BCUT2D eigenvalue weighted by Crippen LogP contribution is -2.36. The summed E-state index contributed by atoms with van der Waals surface area (Å²) in [6, 6.07) is 6.21. The van der Waals surface area contributed by atoms with E-state index in [0.29, 0.717) is 19.7 Å². The van der Waals surface area contributed by atoms with Crippen molar-refractivity contribution in [2.45, 2.75) is 12.8 Å². The summed E-state index contributed by atoms with van der Waals surface area (Å²) in [4.78, 5) is 16.6. The van der Waals surface area contributed by atoms with E-state index in [-0.39, 0.29) is 11.5 Å². The highest BCUT2D eigenvalue weighted by Gasteiger charge is 2.22. The fourth-order valence-electron chi connectivity index (χ4n) is 3.14. The first kappa shape index (κ1) is 16.1. The molecule has 2 heterocycles. The molecule has 0 radical (unpaired) electrons. The van der Waals surface area contributed by atoms with Gasteiger partial charge < -0.3 is 9.64 Å². The number of carbonyl (C=O) groups is 1. The lowest BCUT2D eigenvalue weighted by molar-refractivity contribution is 0.0756. The van der Waals surface area contributed by atoms with E-state index in [9.17, 15) is 9.18 Å². The number of carbonyl (C=O) groups excluding carboxylic acids is 1. The lowest BCUT2D eigenvalue weighted by atomic mass is 10.2. The molecule has 23 heavy (non-hydrogen) atoms. The van der Waals surface area contributed by atoms with Gasteiger partial charge in [0.15, 0.2) is 0 Å². The highest BCUT2D eigenvalue weighted by Crippen LogP contribution is 2.14. The van der Waals surface area contributed by atoms with Gasteiger partial charge in [-0.1, -0.05) is 18.2 Å². The first-order valence-corrected chi connectivity index (χ1v) is 8.26. The summed E-state index contributed by atoms with van der Waals surface area (Å²) in [6.45, 7) is 5.53. The van der Waals surface area contributed by atoms with Gasteiger partial charge in [0.1, 0.15) is 5.82 Å². The number of benzene rings is 1. The van der Waals surface area contributed by atoms with Crippen LogP contribution in [0.25, 0.3) is 0 Å². The van der Waals surface area contributed by atoms with E-state index in [1.54, 1.807) is 23.1 Å². The molecule has 124 valence electrons. The molecule has 1 saturated heterocycles. The van der Waals surface area contributed by atoms with E-state index in [0.717, 1.165) is 39.1 Å². The Bertz CT molecular complexity index is 588. The molecule has 0 unspecified atom stereocenters. The van der Waals surface area contributed by atoms with Gasteiger partial charge in [-0.3, -0.25) is 9.69 Å². The molecular weight excluding hydrogens is 295 g/mol. The summed E-state index contributed by atoms with van der Waals surface area (Å²) in [5, 5.41) is 0. The molecule has 0 aromatic heterocycles. The van der Waals surface area contributed by atoms with Gasteiger partial charge >= 0.3 is 0 Å². The van der Waals surface area contributed by atoms with Crippen molar-refractivity contribution < 1.29 is 13.9 Å². The maximum atomic E-state index is 13.8. The minimum absolute atomic E-state index is 0.171. The Morgan fingerprint density at radius 3 is 2.83 bits per heavy atom. The van der Waals surface area contributed by atoms with Crippen molar-refractivity contribution in [1.29, 1.82) is 0 Å². The normalized spacial score (nSPS) is 20.0. The molecule has 2 aliphatic rings. The van der Waals surface area contributed by atoms with Crippen LogP contribution < -0.4 is 0 Å². The number of halogens is 1. The summed E-state index contributed by atoms with van der Waals surface area (Å²) >= 11 is 0.